The number of fused-ring (bicyclic) bond motifs is 2. The first kappa shape index (κ1) is 35.5. The molecule has 4 rings (SSSR count). The molecule has 0 saturated carbocycles. The maximum absolute atomic E-state index is 14.3. The summed E-state index contributed by atoms with van der Waals surface area (Å²) >= 11 is 0. The monoisotopic (exact) mass is 646 g/mol. The van der Waals surface area contributed by atoms with Gasteiger partial charge in [0.05, 0.1) is 25.6 Å². The molecule has 1 aromatic rings. The molecule has 2 fully saturated rings. The summed E-state index contributed by atoms with van der Waals surface area (Å²) in [7, 11) is -1.80. The fourth-order valence-electron chi connectivity index (χ4n) is 6.20. The molecule has 12 nitrogen and oxygen atoms in total. The molecule has 0 spiro atoms. The first-order valence-corrected chi connectivity index (χ1v) is 16.4. The van der Waals surface area contributed by atoms with Gasteiger partial charge in [-0.25, -0.2) is 14.0 Å². The fourth-order valence-corrected chi connectivity index (χ4v) is 6.20. The number of hydrogen-bond acceptors (Lipinski definition) is 8. The Morgan fingerprint density at radius 3 is 2.37 bits per heavy atom. The van der Waals surface area contributed by atoms with Gasteiger partial charge < -0.3 is 35.1 Å². The van der Waals surface area contributed by atoms with Crippen molar-refractivity contribution in [3.05, 3.63) is 35.1 Å². The van der Waals surface area contributed by atoms with Gasteiger partial charge in [-0.05, 0) is 29.9 Å². The van der Waals surface area contributed by atoms with Crippen LogP contribution in [0.15, 0.2) is 18.2 Å². The van der Waals surface area contributed by atoms with Crippen molar-refractivity contribution in [3.63, 3.8) is 0 Å². The summed E-state index contributed by atoms with van der Waals surface area (Å²) < 4.78 is 25.4. The fraction of sp³-hybridized carbons (Fsp3) is 0.688. The minimum absolute atomic E-state index is 0.0338. The molecule has 2 saturated heterocycles. The van der Waals surface area contributed by atoms with Gasteiger partial charge in [0, 0.05) is 18.5 Å². The second-order valence-electron chi connectivity index (χ2n) is 13.9. The predicted octanol–water partition coefficient (Wildman–Crippen LogP) is 3.41. The van der Waals surface area contributed by atoms with Crippen molar-refractivity contribution >= 4 is 31.1 Å². The summed E-state index contributed by atoms with van der Waals surface area (Å²) in [5.41, 5.74) is 0.819. The number of nitrogens with one attached hydrogen (secondary N) is 2. The van der Waals surface area contributed by atoms with Crippen LogP contribution in [0.5, 0.6) is 0 Å². The number of benzene rings is 1. The Bertz CT molecular complexity index is 1240. The van der Waals surface area contributed by atoms with Crippen molar-refractivity contribution in [1.82, 2.24) is 20.4 Å². The lowest BCUT2D eigenvalue weighted by Crippen LogP contribution is -2.56. The van der Waals surface area contributed by atoms with Crippen LogP contribution in [-0.4, -0.2) is 88.2 Å². The lowest BCUT2D eigenvalue weighted by molar-refractivity contribution is -0.140. The molecule has 4 atom stereocenters. The second-order valence-corrected chi connectivity index (χ2v) is 13.9. The van der Waals surface area contributed by atoms with Gasteiger partial charge in [0.25, 0.3) is 0 Å². The number of carbonyl (C=O) groups excluding carboxylic acids is 4. The van der Waals surface area contributed by atoms with Gasteiger partial charge in [-0.2, -0.15) is 0 Å². The van der Waals surface area contributed by atoms with Crippen molar-refractivity contribution in [2.45, 2.75) is 122 Å². The Kier molecular flexibility index (Phi) is 12.3. The Morgan fingerprint density at radius 2 is 1.72 bits per heavy atom. The van der Waals surface area contributed by atoms with Crippen LogP contribution >= 0.6 is 0 Å². The minimum atomic E-state index is -1.80. The Morgan fingerprint density at radius 1 is 1.04 bits per heavy atom. The number of hydrogen-bond donors (Lipinski definition) is 4. The molecule has 254 valence electrons. The van der Waals surface area contributed by atoms with Crippen LogP contribution in [0.1, 0.15) is 96.1 Å². The molecule has 3 heterocycles. The smallest absolute Gasteiger partial charge is 0.449 e. The quantitative estimate of drug-likeness (QED) is 0.363. The number of ether oxygens (including phenoxy) is 2. The first-order valence-electron chi connectivity index (χ1n) is 16.4. The van der Waals surface area contributed by atoms with Gasteiger partial charge in [-0.15, -0.1) is 0 Å². The Hall–Kier alpha value is -3.39. The molecule has 3 aliphatic rings. The summed E-state index contributed by atoms with van der Waals surface area (Å²) in [4.78, 5) is 56.3. The van der Waals surface area contributed by atoms with Crippen LogP contribution in [0.25, 0.3) is 0 Å². The van der Waals surface area contributed by atoms with Crippen LogP contribution in [0.4, 0.5) is 14.0 Å². The summed E-state index contributed by atoms with van der Waals surface area (Å²) in [5, 5.41) is 25.4. The van der Waals surface area contributed by atoms with E-state index in [4.69, 9.17) is 9.47 Å². The summed E-state index contributed by atoms with van der Waals surface area (Å²) in [6.45, 7) is 5.99. The Labute approximate surface area is 270 Å². The molecule has 0 radical (unpaired) electrons. The van der Waals surface area contributed by atoms with E-state index in [2.05, 4.69) is 10.6 Å². The highest BCUT2D eigenvalue weighted by molar-refractivity contribution is 6.43. The van der Waals surface area contributed by atoms with Crippen LogP contribution in [0.2, 0.25) is 0 Å². The molecule has 0 aromatic heterocycles. The predicted molar refractivity (Wildman–Crippen MR) is 167 cm³/mol. The van der Waals surface area contributed by atoms with E-state index in [1.165, 1.54) is 15.9 Å². The molecule has 1 aromatic carbocycles. The van der Waals surface area contributed by atoms with Crippen molar-refractivity contribution in [1.29, 1.82) is 0 Å². The van der Waals surface area contributed by atoms with Crippen molar-refractivity contribution in [3.8, 4) is 0 Å². The Balaban J connectivity index is 1.53. The highest BCUT2D eigenvalue weighted by Gasteiger charge is 2.45. The second kappa shape index (κ2) is 15.9. The number of carbonyl (C=O) groups is 4. The van der Waals surface area contributed by atoms with Crippen LogP contribution in [-0.2, 0) is 32.2 Å². The molecule has 0 bridgehead atoms. The molecule has 0 aliphatic carbocycles. The lowest BCUT2D eigenvalue weighted by atomic mass is 9.76. The van der Waals surface area contributed by atoms with Crippen LogP contribution < -0.4 is 10.6 Å². The van der Waals surface area contributed by atoms with E-state index in [1.54, 1.807) is 12.1 Å². The van der Waals surface area contributed by atoms with Gasteiger partial charge in [0.1, 0.15) is 24.0 Å². The van der Waals surface area contributed by atoms with E-state index >= 15 is 0 Å². The largest absolute Gasteiger partial charge is 0.475 e. The first-order chi connectivity index (χ1) is 21.8. The topological polar surface area (TPSA) is 158 Å². The standard InChI is InChI=1S/C32H48BFN4O8/c1-32(2,3)20-45-30(41)35-25-14-9-7-5-4-6-8-10-15-27(33(43)44)36-28(39)26-16-22(18-38(26)29(25)40)46-31(42)37-17-21-12-11-13-24(34)23(21)19-37/h11-13,22,25-27,43-44H,4-10,14-20H2,1-3H3,(H,35,41)(H,36,39)/t22-,25+,26+,27-/m1/s1. The SMILES string of the molecule is CC(C)(C)COC(=O)N[C@H]1CCCCCCCCC[C@H](B(O)O)NC(=O)[C@@H]2C[C@@H](OC(=O)N3Cc4cccc(F)c4C3)CN2C1=O. The zero-order valence-electron chi connectivity index (χ0n) is 27.1. The van der Waals surface area contributed by atoms with E-state index in [0.29, 0.717) is 36.8 Å². The highest BCUT2D eigenvalue weighted by atomic mass is 19.1. The van der Waals surface area contributed by atoms with Crippen LogP contribution in [0, 0.1) is 11.2 Å². The molecule has 46 heavy (non-hydrogen) atoms. The molecule has 0 unspecified atom stereocenters. The lowest BCUT2D eigenvalue weighted by Gasteiger charge is -2.30. The minimum Gasteiger partial charge on any atom is -0.449 e. The highest BCUT2D eigenvalue weighted by Crippen LogP contribution is 2.28. The number of alkyl carbamates (subject to hydrolysis) is 1. The average molecular weight is 647 g/mol. The van der Waals surface area contributed by atoms with Crippen molar-refractivity contribution < 1.29 is 43.1 Å². The van der Waals surface area contributed by atoms with E-state index in [0.717, 1.165) is 32.1 Å². The normalized spacial score (nSPS) is 24.9. The van der Waals surface area contributed by atoms with Gasteiger partial charge in [-0.3, -0.25) is 14.5 Å². The number of nitrogens with zero attached hydrogens (tertiary/aromatic N) is 2. The third-order valence-electron chi connectivity index (χ3n) is 8.72. The zero-order chi connectivity index (χ0) is 33.4. The third kappa shape index (κ3) is 9.81. The maximum atomic E-state index is 14.3. The van der Waals surface area contributed by atoms with Gasteiger partial charge >= 0.3 is 19.3 Å². The average Bonchev–Trinajstić information content (AvgIpc) is 3.62. The van der Waals surface area contributed by atoms with E-state index in [9.17, 15) is 33.6 Å². The van der Waals surface area contributed by atoms with Gasteiger partial charge in [0.2, 0.25) is 11.8 Å². The van der Waals surface area contributed by atoms with Crippen molar-refractivity contribution in [2.24, 2.45) is 5.41 Å². The van der Waals surface area contributed by atoms with E-state index in [1.807, 2.05) is 20.8 Å². The number of amides is 4. The third-order valence-corrected chi connectivity index (χ3v) is 8.72. The van der Waals surface area contributed by atoms with Gasteiger partial charge in [0.15, 0.2) is 0 Å². The van der Waals surface area contributed by atoms with E-state index < -0.39 is 61.1 Å². The summed E-state index contributed by atoms with van der Waals surface area (Å²) in [6, 6.07) is 2.58. The summed E-state index contributed by atoms with van der Waals surface area (Å²) in [5.74, 6) is -2.48. The number of halogens is 1. The molecular weight excluding hydrogens is 598 g/mol. The van der Waals surface area contributed by atoms with Crippen molar-refractivity contribution in [2.75, 3.05) is 13.2 Å². The summed E-state index contributed by atoms with van der Waals surface area (Å²) in [6.07, 6.45) is 4.31. The number of rotatable bonds is 4. The zero-order valence-corrected chi connectivity index (χ0v) is 27.1. The van der Waals surface area contributed by atoms with Crippen LogP contribution in [0.3, 0.4) is 0 Å². The molecule has 4 amide bonds. The molecule has 4 N–H and O–H groups in total. The molecular formula is C32H48BFN4O8. The maximum Gasteiger partial charge on any atom is 0.475 e. The van der Waals surface area contributed by atoms with Gasteiger partial charge in [-0.1, -0.05) is 77.8 Å². The molecule has 3 aliphatic heterocycles. The van der Waals surface area contributed by atoms with E-state index in [-0.39, 0.29) is 38.1 Å². The molecule has 14 heteroatoms.